The lowest BCUT2D eigenvalue weighted by molar-refractivity contribution is 1.22. The molecular formula is C22H15ClN2. The van der Waals surface area contributed by atoms with Crippen molar-refractivity contribution in [1.82, 2.24) is 9.97 Å². The molecule has 2 nitrogen and oxygen atoms in total. The second-order valence-corrected chi connectivity index (χ2v) is 6.11. The molecule has 0 N–H and O–H groups in total. The van der Waals surface area contributed by atoms with Gasteiger partial charge < -0.3 is 0 Å². The van der Waals surface area contributed by atoms with E-state index < -0.39 is 0 Å². The standard InChI is InChI=1S/C22H15ClN2/c1-3-14-11-12-19-20(24-22(23)25-21(19)18(14)4-2)17-10-9-15-7-5-6-8-16(15)13-17/h3-13H,1-2H2. The highest BCUT2D eigenvalue weighted by Gasteiger charge is 2.13. The lowest BCUT2D eigenvalue weighted by Gasteiger charge is -2.11. The van der Waals surface area contributed by atoms with Gasteiger partial charge in [0.1, 0.15) is 0 Å². The number of nitrogens with zero attached hydrogens (tertiary/aromatic N) is 2. The van der Waals surface area contributed by atoms with E-state index in [1.165, 1.54) is 5.39 Å². The monoisotopic (exact) mass is 342 g/mol. The summed E-state index contributed by atoms with van der Waals surface area (Å²) in [6, 6.07) is 18.6. The van der Waals surface area contributed by atoms with E-state index >= 15 is 0 Å². The minimum atomic E-state index is 0.222. The zero-order valence-electron chi connectivity index (χ0n) is 13.5. The van der Waals surface area contributed by atoms with Crippen LogP contribution in [0.15, 0.2) is 67.8 Å². The number of halogens is 1. The van der Waals surface area contributed by atoms with Crippen LogP contribution in [0.1, 0.15) is 11.1 Å². The first-order valence-corrected chi connectivity index (χ1v) is 8.33. The van der Waals surface area contributed by atoms with Crippen molar-refractivity contribution in [2.24, 2.45) is 0 Å². The minimum absolute atomic E-state index is 0.222. The maximum absolute atomic E-state index is 6.23. The van der Waals surface area contributed by atoms with E-state index in [9.17, 15) is 0 Å². The van der Waals surface area contributed by atoms with Crippen molar-refractivity contribution in [3.05, 3.63) is 84.2 Å². The Kier molecular flexibility index (Phi) is 3.83. The van der Waals surface area contributed by atoms with Crippen molar-refractivity contribution < 1.29 is 0 Å². The summed E-state index contributed by atoms with van der Waals surface area (Å²) in [4.78, 5) is 8.94. The van der Waals surface area contributed by atoms with Gasteiger partial charge in [0.15, 0.2) is 0 Å². The fraction of sp³-hybridized carbons (Fsp3) is 0. The Hall–Kier alpha value is -2.97. The Balaban J connectivity index is 2.06. The third-order valence-corrected chi connectivity index (χ3v) is 4.53. The summed E-state index contributed by atoms with van der Waals surface area (Å²) < 4.78 is 0. The maximum Gasteiger partial charge on any atom is 0.223 e. The number of hydrogen-bond acceptors (Lipinski definition) is 2. The first-order valence-electron chi connectivity index (χ1n) is 7.95. The molecular weight excluding hydrogens is 328 g/mol. The smallest absolute Gasteiger partial charge is 0.217 e. The molecule has 0 atom stereocenters. The van der Waals surface area contributed by atoms with E-state index in [4.69, 9.17) is 11.6 Å². The van der Waals surface area contributed by atoms with Crippen molar-refractivity contribution >= 4 is 45.4 Å². The Bertz CT molecular complexity index is 1150. The molecule has 0 saturated heterocycles. The van der Waals surface area contributed by atoms with Crippen molar-refractivity contribution in [2.75, 3.05) is 0 Å². The van der Waals surface area contributed by atoms with Crippen molar-refractivity contribution in [1.29, 1.82) is 0 Å². The lowest BCUT2D eigenvalue weighted by atomic mass is 9.98. The number of aromatic nitrogens is 2. The molecule has 0 saturated carbocycles. The van der Waals surface area contributed by atoms with Crippen molar-refractivity contribution in [3.63, 3.8) is 0 Å². The second-order valence-electron chi connectivity index (χ2n) is 5.78. The molecule has 0 unspecified atom stereocenters. The van der Waals surface area contributed by atoms with Crippen LogP contribution in [0.4, 0.5) is 0 Å². The molecule has 0 aliphatic heterocycles. The molecule has 0 spiro atoms. The second kappa shape index (κ2) is 6.15. The average Bonchev–Trinajstić information content (AvgIpc) is 2.65. The highest BCUT2D eigenvalue weighted by atomic mass is 35.5. The molecule has 0 aliphatic rings. The Morgan fingerprint density at radius 3 is 2.40 bits per heavy atom. The van der Waals surface area contributed by atoms with E-state index in [2.05, 4.69) is 53.5 Å². The molecule has 3 aromatic carbocycles. The molecule has 1 heterocycles. The molecule has 0 bridgehead atoms. The predicted octanol–water partition coefficient (Wildman–Crippen LogP) is 6.39. The van der Waals surface area contributed by atoms with Crippen LogP contribution in [-0.4, -0.2) is 9.97 Å². The van der Waals surface area contributed by atoms with E-state index in [0.29, 0.717) is 0 Å². The van der Waals surface area contributed by atoms with E-state index in [-0.39, 0.29) is 5.28 Å². The molecule has 0 radical (unpaired) electrons. The zero-order valence-corrected chi connectivity index (χ0v) is 14.3. The van der Waals surface area contributed by atoms with Gasteiger partial charge in [-0.1, -0.05) is 67.8 Å². The summed E-state index contributed by atoms with van der Waals surface area (Å²) in [5.41, 5.74) is 4.50. The van der Waals surface area contributed by atoms with Gasteiger partial charge in [0.25, 0.3) is 0 Å². The first-order chi connectivity index (χ1) is 12.2. The molecule has 120 valence electrons. The fourth-order valence-electron chi connectivity index (χ4n) is 3.15. The number of rotatable bonds is 3. The summed E-state index contributed by atoms with van der Waals surface area (Å²) in [5.74, 6) is 0. The molecule has 0 aliphatic carbocycles. The van der Waals surface area contributed by atoms with Crippen LogP contribution >= 0.6 is 11.6 Å². The highest BCUT2D eigenvalue weighted by molar-refractivity contribution is 6.29. The summed E-state index contributed by atoms with van der Waals surface area (Å²) in [6.45, 7) is 7.77. The number of fused-ring (bicyclic) bond motifs is 2. The van der Waals surface area contributed by atoms with Crippen LogP contribution in [0.3, 0.4) is 0 Å². The summed E-state index contributed by atoms with van der Waals surface area (Å²) in [5, 5.41) is 3.52. The Morgan fingerprint density at radius 1 is 0.840 bits per heavy atom. The van der Waals surface area contributed by atoms with Crippen LogP contribution in [0.5, 0.6) is 0 Å². The van der Waals surface area contributed by atoms with Gasteiger partial charge >= 0.3 is 0 Å². The summed E-state index contributed by atoms with van der Waals surface area (Å²) in [6.07, 6.45) is 3.58. The molecule has 3 heteroatoms. The van der Waals surface area contributed by atoms with Gasteiger partial charge in [-0.2, -0.15) is 0 Å². The minimum Gasteiger partial charge on any atom is -0.217 e. The lowest BCUT2D eigenvalue weighted by Crippen LogP contribution is -1.95. The summed E-state index contributed by atoms with van der Waals surface area (Å²) >= 11 is 6.23. The molecule has 1 aromatic heterocycles. The number of benzene rings is 3. The normalized spacial score (nSPS) is 10.9. The largest absolute Gasteiger partial charge is 0.223 e. The van der Waals surface area contributed by atoms with E-state index in [0.717, 1.165) is 38.7 Å². The topological polar surface area (TPSA) is 25.8 Å². The van der Waals surface area contributed by atoms with Gasteiger partial charge in [-0.3, -0.25) is 0 Å². The van der Waals surface area contributed by atoms with Gasteiger partial charge in [-0.25, -0.2) is 9.97 Å². The fourth-order valence-corrected chi connectivity index (χ4v) is 3.32. The molecule has 0 fully saturated rings. The van der Waals surface area contributed by atoms with Crippen LogP contribution in [-0.2, 0) is 0 Å². The van der Waals surface area contributed by atoms with Gasteiger partial charge in [0.2, 0.25) is 5.28 Å². The van der Waals surface area contributed by atoms with Crippen molar-refractivity contribution in [3.8, 4) is 11.3 Å². The SMILES string of the molecule is C=Cc1ccc2c(-c3ccc4ccccc4c3)nc(Cl)nc2c1C=C. The number of hydrogen-bond donors (Lipinski definition) is 0. The third-order valence-electron chi connectivity index (χ3n) is 4.36. The summed E-state index contributed by atoms with van der Waals surface area (Å²) in [7, 11) is 0. The van der Waals surface area contributed by atoms with Crippen LogP contribution in [0.2, 0.25) is 5.28 Å². The Labute approximate surface area is 151 Å². The quantitative estimate of drug-likeness (QED) is 0.403. The van der Waals surface area contributed by atoms with Gasteiger partial charge in [0.05, 0.1) is 11.2 Å². The predicted molar refractivity (Wildman–Crippen MR) is 108 cm³/mol. The Morgan fingerprint density at radius 2 is 1.64 bits per heavy atom. The van der Waals surface area contributed by atoms with Gasteiger partial charge in [-0.05, 0) is 40.1 Å². The van der Waals surface area contributed by atoms with Gasteiger partial charge in [0, 0.05) is 16.5 Å². The zero-order chi connectivity index (χ0) is 17.4. The maximum atomic E-state index is 6.23. The van der Waals surface area contributed by atoms with Crippen molar-refractivity contribution in [2.45, 2.75) is 0 Å². The molecule has 4 aromatic rings. The molecule has 25 heavy (non-hydrogen) atoms. The van der Waals surface area contributed by atoms with Crippen LogP contribution in [0.25, 0.3) is 45.1 Å². The average molecular weight is 343 g/mol. The first kappa shape index (κ1) is 15.6. The molecule has 4 rings (SSSR count). The van der Waals surface area contributed by atoms with Crippen LogP contribution < -0.4 is 0 Å². The van der Waals surface area contributed by atoms with E-state index in [1.54, 1.807) is 12.2 Å². The van der Waals surface area contributed by atoms with Crippen LogP contribution in [0, 0.1) is 0 Å². The van der Waals surface area contributed by atoms with Gasteiger partial charge in [-0.15, -0.1) is 0 Å². The third kappa shape index (κ3) is 2.61. The van der Waals surface area contributed by atoms with E-state index in [1.807, 2.05) is 24.3 Å². The molecule has 0 amide bonds. The highest BCUT2D eigenvalue weighted by Crippen LogP contribution is 2.33.